The fraction of sp³-hybridized carbons (Fsp3) is 0.111. The molecule has 0 saturated heterocycles. The van der Waals surface area contributed by atoms with Gasteiger partial charge in [-0.05, 0) is 17.7 Å². The monoisotopic (exact) mass is 177 g/mol. The first-order valence-corrected chi connectivity index (χ1v) is 3.53. The predicted octanol–water partition coefficient (Wildman–Crippen LogP) is 1.26. The summed E-state index contributed by atoms with van der Waals surface area (Å²) in [7, 11) is 0. The first-order chi connectivity index (χ1) is 6.15. The molecule has 0 fully saturated rings. The van der Waals surface area contributed by atoms with Crippen LogP contribution in [0.3, 0.4) is 0 Å². The second-order valence-corrected chi connectivity index (χ2v) is 2.42. The topological polar surface area (TPSA) is 63.4 Å². The number of non-ortho nitro benzene ring substituents is 1. The highest BCUT2D eigenvalue weighted by atomic mass is 16.6. The molecular weight excluding hydrogens is 170 g/mol. The van der Waals surface area contributed by atoms with E-state index < -0.39 is 11.0 Å². The third-order valence-corrected chi connectivity index (χ3v) is 1.58. The summed E-state index contributed by atoms with van der Waals surface area (Å²) in [6.07, 6.45) is 3.97. The van der Waals surface area contributed by atoms with E-state index in [4.69, 9.17) is 11.5 Å². The first-order valence-electron chi connectivity index (χ1n) is 3.53. The number of benzene rings is 1. The summed E-state index contributed by atoms with van der Waals surface area (Å²) in [6, 6.07) is 5.47. The average Bonchev–Trinajstić information content (AvgIpc) is 2.17. The second-order valence-electron chi connectivity index (χ2n) is 2.42. The Bertz CT molecular complexity index is 350. The van der Waals surface area contributed by atoms with Crippen molar-refractivity contribution in [1.82, 2.24) is 0 Å². The Morgan fingerprint density at radius 1 is 1.46 bits per heavy atom. The van der Waals surface area contributed by atoms with Crippen LogP contribution in [0.4, 0.5) is 5.69 Å². The molecule has 0 radical (unpaired) electrons. The van der Waals surface area contributed by atoms with Crippen LogP contribution in [-0.4, -0.2) is 10.0 Å². The molecule has 0 saturated carbocycles. The van der Waals surface area contributed by atoms with Crippen LogP contribution >= 0.6 is 0 Å². The molecule has 66 valence electrons. The van der Waals surface area contributed by atoms with Gasteiger partial charge >= 0.3 is 0 Å². The van der Waals surface area contributed by atoms with Gasteiger partial charge in [0, 0.05) is 12.1 Å². The molecule has 4 heteroatoms. The largest absolute Gasteiger partial charge is 0.376 e. The Morgan fingerprint density at radius 2 is 2.00 bits per heavy atom. The first kappa shape index (κ1) is 9.23. The number of terminal acetylenes is 1. The number of rotatable bonds is 2. The van der Waals surface area contributed by atoms with Crippen LogP contribution in [0.15, 0.2) is 24.3 Å². The Hall–Kier alpha value is -1.86. The minimum absolute atomic E-state index is 0.0204. The molecule has 0 spiro atoms. The van der Waals surface area contributed by atoms with E-state index >= 15 is 0 Å². The molecule has 0 aromatic heterocycles. The Balaban J connectivity index is 2.95. The Morgan fingerprint density at radius 3 is 2.38 bits per heavy atom. The van der Waals surface area contributed by atoms with Crippen LogP contribution < -0.4 is 0 Å². The highest BCUT2D eigenvalue weighted by molar-refractivity contribution is 5.35. The van der Waals surface area contributed by atoms with Gasteiger partial charge in [0.2, 0.25) is 0 Å². The number of hydrogen-bond donors (Lipinski definition) is 1. The number of nitro groups is 1. The molecule has 0 unspecified atom stereocenters. The highest BCUT2D eigenvalue weighted by Crippen LogP contribution is 2.16. The predicted molar refractivity (Wildman–Crippen MR) is 46.9 cm³/mol. The van der Waals surface area contributed by atoms with Gasteiger partial charge in [-0.25, -0.2) is 0 Å². The maximum absolute atomic E-state index is 10.3. The Labute approximate surface area is 75.0 Å². The van der Waals surface area contributed by atoms with Crippen molar-refractivity contribution in [2.75, 3.05) is 0 Å². The third kappa shape index (κ3) is 2.04. The molecule has 0 bridgehead atoms. The standard InChI is InChI=1S/C9H7NO3/c1-2-9(11)7-3-5-8(6-4-7)10(12)13/h1,3-6,9,11H/t9-/m0/s1. The van der Waals surface area contributed by atoms with E-state index in [1.54, 1.807) is 0 Å². The van der Waals surface area contributed by atoms with Gasteiger partial charge in [0.1, 0.15) is 6.10 Å². The van der Waals surface area contributed by atoms with E-state index in [0.717, 1.165) is 0 Å². The molecule has 0 amide bonds. The van der Waals surface area contributed by atoms with Gasteiger partial charge in [-0.3, -0.25) is 10.1 Å². The van der Waals surface area contributed by atoms with Crippen molar-refractivity contribution < 1.29 is 10.0 Å². The molecular formula is C9H7NO3. The van der Waals surface area contributed by atoms with Crippen molar-refractivity contribution in [3.63, 3.8) is 0 Å². The summed E-state index contributed by atoms with van der Waals surface area (Å²) >= 11 is 0. The van der Waals surface area contributed by atoms with Crippen molar-refractivity contribution >= 4 is 5.69 Å². The Kier molecular flexibility index (Phi) is 2.62. The van der Waals surface area contributed by atoms with Gasteiger partial charge in [-0.1, -0.05) is 5.92 Å². The number of aliphatic hydroxyl groups excluding tert-OH is 1. The molecule has 1 atom stereocenters. The van der Waals surface area contributed by atoms with E-state index in [2.05, 4.69) is 5.92 Å². The van der Waals surface area contributed by atoms with Gasteiger partial charge in [-0.15, -0.1) is 6.42 Å². The number of nitrogens with zero attached hydrogens (tertiary/aromatic N) is 1. The average molecular weight is 177 g/mol. The molecule has 13 heavy (non-hydrogen) atoms. The lowest BCUT2D eigenvalue weighted by Gasteiger charge is -2.01. The van der Waals surface area contributed by atoms with Crippen LogP contribution in [0, 0.1) is 22.5 Å². The maximum Gasteiger partial charge on any atom is 0.269 e. The van der Waals surface area contributed by atoms with E-state index in [9.17, 15) is 10.1 Å². The molecule has 1 N–H and O–H groups in total. The second kappa shape index (κ2) is 3.70. The molecule has 0 aliphatic rings. The smallest absolute Gasteiger partial charge is 0.269 e. The normalized spacial score (nSPS) is 11.7. The van der Waals surface area contributed by atoms with E-state index in [-0.39, 0.29) is 5.69 Å². The molecule has 1 aromatic rings. The zero-order valence-electron chi connectivity index (χ0n) is 6.68. The SMILES string of the molecule is C#C[C@H](O)c1ccc([N+](=O)[O-])cc1. The zero-order chi connectivity index (χ0) is 9.84. The fourth-order valence-corrected chi connectivity index (χ4v) is 0.875. The minimum Gasteiger partial charge on any atom is -0.376 e. The summed E-state index contributed by atoms with van der Waals surface area (Å²) in [6.45, 7) is 0. The third-order valence-electron chi connectivity index (χ3n) is 1.58. The van der Waals surface area contributed by atoms with Gasteiger partial charge in [0.15, 0.2) is 0 Å². The lowest BCUT2D eigenvalue weighted by Crippen LogP contribution is -1.94. The fourth-order valence-electron chi connectivity index (χ4n) is 0.875. The van der Waals surface area contributed by atoms with Crippen molar-refractivity contribution in [3.05, 3.63) is 39.9 Å². The summed E-state index contributed by atoms with van der Waals surface area (Å²) in [4.78, 5) is 9.75. The maximum atomic E-state index is 10.3. The number of nitro benzene ring substituents is 1. The molecule has 1 aromatic carbocycles. The quantitative estimate of drug-likeness (QED) is 0.420. The van der Waals surface area contributed by atoms with Crippen molar-refractivity contribution in [1.29, 1.82) is 0 Å². The van der Waals surface area contributed by atoms with E-state index in [0.29, 0.717) is 5.56 Å². The minimum atomic E-state index is -0.999. The summed E-state index contributed by atoms with van der Waals surface area (Å²) < 4.78 is 0. The van der Waals surface area contributed by atoms with Crippen LogP contribution in [0.25, 0.3) is 0 Å². The van der Waals surface area contributed by atoms with Crippen molar-refractivity contribution in [2.24, 2.45) is 0 Å². The summed E-state index contributed by atoms with van der Waals surface area (Å²) in [5, 5.41) is 19.4. The van der Waals surface area contributed by atoms with Crippen LogP contribution in [0.1, 0.15) is 11.7 Å². The van der Waals surface area contributed by atoms with E-state index in [1.807, 2.05) is 0 Å². The van der Waals surface area contributed by atoms with Gasteiger partial charge in [0.25, 0.3) is 5.69 Å². The van der Waals surface area contributed by atoms with Gasteiger partial charge in [-0.2, -0.15) is 0 Å². The molecule has 4 nitrogen and oxygen atoms in total. The highest BCUT2D eigenvalue weighted by Gasteiger charge is 2.07. The summed E-state index contributed by atoms with van der Waals surface area (Å²) in [5.74, 6) is 2.12. The summed E-state index contributed by atoms with van der Waals surface area (Å²) in [5.41, 5.74) is 0.459. The van der Waals surface area contributed by atoms with Crippen LogP contribution in [-0.2, 0) is 0 Å². The van der Waals surface area contributed by atoms with Gasteiger partial charge in [0.05, 0.1) is 4.92 Å². The van der Waals surface area contributed by atoms with Crippen molar-refractivity contribution in [3.8, 4) is 12.3 Å². The molecule has 0 heterocycles. The van der Waals surface area contributed by atoms with Crippen LogP contribution in [0.5, 0.6) is 0 Å². The molecule has 0 aliphatic carbocycles. The van der Waals surface area contributed by atoms with E-state index in [1.165, 1.54) is 24.3 Å². The number of hydrogen-bond acceptors (Lipinski definition) is 3. The van der Waals surface area contributed by atoms with Crippen molar-refractivity contribution in [2.45, 2.75) is 6.10 Å². The molecule has 1 rings (SSSR count). The lowest BCUT2D eigenvalue weighted by atomic mass is 10.1. The lowest BCUT2D eigenvalue weighted by molar-refractivity contribution is -0.384. The number of aliphatic hydroxyl groups is 1. The van der Waals surface area contributed by atoms with Gasteiger partial charge < -0.3 is 5.11 Å². The zero-order valence-corrected chi connectivity index (χ0v) is 6.68. The molecule has 0 aliphatic heterocycles. The van der Waals surface area contributed by atoms with Crippen LogP contribution in [0.2, 0.25) is 0 Å².